The van der Waals surface area contributed by atoms with Gasteiger partial charge < -0.3 is 20.3 Å². The van der Waals surface area contributed by atoms with Gasteiger partial charge in [0, 0.05) is 36.8 Å². The standard InChI is InChI=1S/C25H25F3N4O3S/c1-35-20-9-3-8-19(12-20)30-24-31-21(15-36-24)23(34)32-10-4-6-17(14-32)22(33)29-13-16-5-2-7-18(11-16)25(26,27)28/h2-3,5,7-9,11-12,15,17H,4,6,10,13-14H2,1H3,(H,29,33)(H,30,31). The smallest absolute Gasteiger partial charge is 0.416 e. The summed E-state index contributed by atoms with van der Waals surface area (Å²) >= 11 is 1.30. The summed E-state index contributed by atoms with van der Waals surface area (Å²) in [6.45, 7) is 0.717. The summed E-state index contributed by atoms with van der Waals surface area (Å²) in [5, 5.41) is 8.08. The zero-order chi connectivity index (χ0) is 25.7. The van der Waals surface area contributed by atoms with Gasteiger partial charge in [0.2, 0.25) is 5.91 Å². The molecule has 2 N–H and O–H groups in total. The molecule has 0 spiro atoms. The number of nitrogens with zero attached hydrogens (tertiary/aromatic N) is 2. The van der Waals surface area contributed by atoms with E-state index in [0.29, 0.717) is 35.8 Å². The van der Waals surface area contributed by atoms with Gasteiger partial charge in [-0.25, -0.2) is 4.98 Å². The van der Waals surface area contributed by atoms with Crippen LogP contribution in [0, 0.1) is 5.92 Å². The van der Waals surface area contributed by atoms with Crippen LogP contribution in [0.2, 0.25) is 0 Å². The number of piperidine rings is 1. The van der Waals surface area contributed by atoms with E-state index >= 15 is 0 Å². The number of hydrogen-bond acceptors (Lipinski definition) is 6. The zero-order valence-corrected chi connectivity index (χ0v) is 20.3. The fourth-order valence-corrected chi connectivity index (χ4v) is 4.69. The van der Waals surface area contributed by atoms with Crippen LogP contribution < -0.4 is 15.4 Å². The van der Waals surface area contributed by atoms with Crippen molar-refractivity contribution in [3.05, 3.63) is 70.7 Å². The van der Waals surface area contributed by atoms with Crippen molar-refractivity contribution in [3.8, 4) is 5.75 Å². The van der Waals surface area contributed by atoms with Crippen LogP contribution in [0.3, 0.4) is 0 Å². The van der Waals surface area contributed by atoms with Gasteiger partial charge >= 0.3 is 6.18 Å². The molecule has 0 radical (unpaired) electrons. The van der Waals surface area contributed by atoms with Crippen LogP contribution in [-0.4, -0.2) is 41.9 Å². The van der Waals surface area contributed by atoms with Gasteiger partial charge in [-0.1, -0.05) is 18.2 Å². The lowest BCUT2D eigenvalue weighted by molar-refractivity contribution is -0.137. The minimum atomic E-state index is -4.44. The lowest BCUT2D eigenvalue weighted by Gasteiger charge is -2.31. The molecule has 1 aliphatic heterocycles. The number of ether oxygens (including phenoxy) is 1. The molecule has 36 heavy (non-hydrogen) atoms. The van der Waals surface area contributed by atoms with Crippen molar-refractivity contribution in [3.63, 3.8) is 0 Å². The summed E-state index contributed by atoms with van der Waals surface area (Å²) in [6.07, 6.45) is -3.20. The molecule has 190 valence electrons. The maximum Gasteiger partial charge on any atom is 0.416 e. The van der Waals surface area contributed by atoms with Gasteiger partial charge in [-0.05, 0) is 42.7 Å². The Morgan fingerprint density at radius 1 is 1.19 bits per heavy atom. The number of anilines is 2. The molecule has 1 aliphatic rings. The molecular weight excluding hydrogens is 493 g/mol. The van der Waals surface area contributed by atoms with Crippen LogP contribution in [0.25, 0.3) is 0 Å². The van der Waals surface area contributed by atoms with E-state index in [9.17, 15) is 22.8 Å². The summed E-state index contributed by atoms with van der Waals surface area (Å²) in [6, 6.07) is 12.2. The second-order valence-corrected chi connectivity index (χ2v) is 9.26. The SMILES string of the molecule is COc1cccc(Nc2nc(C(=O)N3CCCC(C(=O)NCc4cccc(C(F)(F)F)c4)C3)cs2)c1. The molecule has 1 aromatic heterocycles. The average Bonchev–Trinajstić information content (AvgIpc) is 3.35. The molecule has 11 heteroatoms. The van der Waals surface area contributed by atoms with Crippen molar-refractivity contribution in [1.82, 2.24) is 15.2 Å². The number of aromatic nitrogens is 1. The molecule has 1 fully saturated rings. The number of rotatable bonds is 7. The van der Waals surface area contributed by atoms with Crippen LogP contribution in [0.5, 0.6) is 5.75 Å². The summed E-state index contributed by atoms with van der Waals surface area (Å²) in [4.78, 5) is 31.7. The van der Waals surface area contributed by atoms with E-state index in [2.05, 4.69) is 15.6 Å². The number of halogens is 3. The number of nitrogens with one attached hydrogen (secondary N) is 2. The fourth-order valence-electron chi connectivity index (χ4n) is 3.98. The Morgan fingerprint density at radius 3 is 2.78 bits per heavy atom. The number of methoxy groups -OCH3 is 1. The molecule has 1 atom stereocenters. The first-order valence-corrected chi connectivity index (χ1v) is 12.2. The molecule has 0 saturated carbocycles. The normalized spacial score (nSPS) is 15.9. The molecule has 4 rings (SSSR count). The van der Waals surface area contributed by atoms with Crippen molar-refractivity contribution < 1.29 is 27.5 Å². The van der Waals surface area contributed by atoms with Crippen molar-refractivity contribution in [2.45, 2.75) is 25.6 Å². The number of thiazole rings is 1. The average molecular weight is 519 g/mol. The molecule has 0 aliphatic carbocycles. The van der Waals surface area contributed by atoms with Gasteiger partial charge in [0.05, 0.1) is 18.6 Å². The monoisotopic (exact) mass is 518 g/mol. The summed E-state index contributed by atoms with van der Waals surface area (Å²) in [5.41, 5.74) is 0.668. The second-order valence-electron chi connectivity index (χ2n) is 8.40. The number of likely N-dealkylation sites (tertiary alicyclic amines) is 1. The Labute approximate surface area is 210 Å². The number of carbonyl (C=O) groups is 2. The number of amides is 2. The highest BCUT2D eigenvalue weighted by atomic mass is 32.1. The quantitative estimate of drug-likeness (QED) is 0.456. The third-order valence-electron chi connectivity index (χ3n) is 5.84. The Bertz CT molecular complexity index is 1230. The van der Waals surface area contributed by atoms with Crippen molar-refractivity contribution >= 4 is 34.0 Å². The van der Waals surface area contributed by atoms with Crippen molar-refractivity contribution in [1.29, 1.82) is 0 Å². The molecule has 0 bridgehead atoms. The Kier molecular flexibility index (Phi) is 7.78. The minimum absolute atomic E-state index is 0.0153. The predicted molar refractivity (Wildman–Crippen MR) is 130 cm³/mol. The van der Waals surface area contributed by atoms with Gasteiger partial charge in [0.15, 0.2) is 5.13 Å². The predicted octanol–water partition coefficient (Wildman–Crippen LogP) is 5.08. The van der Waals surface area contributed by atoms with Gasteiger partial charge in [-0.2, -0.15) is 13.2 Å². The molecule has 2 heterocycles. The highest BCUT2D eigenvalue weighted by Gasteiger charge is 2.31. The summed E-state index contributed by atoms with van der Waals surface area (Å²) in [7, 11) is 1.58. The lowest BCUT2D eigenvalue weighted by atomic mass is 9.96. The third-order valence-corrected chi connectivity index (χ3v) is 6.60. The van der Waals surface area contributed by atoms with Crippen molar-refractivity contribution in [2.75, 3.05) is 25.5 Å². The molecular formula is C25H25F3N4O3S. The van der Waals surface area contributed by atoms with E-state index in [0.717, 1.165) is 17.8 Å². The fraction of sp³-hybridized carbons (Fsp3) is 0.320. The van der Waals surface area contributed by atoms with E-state index in [1.807, 2.05) is 24.3 Å². The van der Waals surface area contributed by atoms with Crippen LogP contribution >= 0.6 is 11.3 Å². The summed E-state index contributed by atoms with van der Waals surface area (Å²) < 4.78 is 44.0. The summed E-state index contributed by atoms with van der Waals surface area (Å²) in [5.74, 6) is -0.302. The Hall–Kier alpha value is -3.60. The number of alkyl halides is 3. The lowest BCUT2D eigenvalue weighted by Crippen LogP contribution is -2.45. The van der Waals surface area contributed by atoms with Gasteiger partial charge in [-0.3, -0.25) is 9.59 Å². The van der Waals surface area contributed by atoms with Crippen LogP contribution in [0.15, 0.2) is 53.9 Å². The molecule has 3 aromatic rings. The van der Waals surface area contributed by atoms with E-state index in [-0.39, 0.29) is 30.6 Å². The first-order valence-electron chi connectivity index (χ1n) is 11.3. The molecule has 2 amide bonds. The minimum Gasteiger partial charge on any atom is -0.497 e. The maximum absolute atomic E-state index is 13.0. The van der Waals surface area contributed by atoms with Gasteiger partial charge in [0.25, 0.3) is 5.91 Å². The highest BCUT2D eigenvalue weighted by Crippen LogP contribution is 2.30. The second kappa shape index (κ2) is 11.0. The first-order chi connectivity index (χ1) is 17.2. The maximum atomic E-state index is 13.0. The third kappa shape index (κ3) is 6.34. The molecule has 2 aromatic carbocycles. The highest BCUT2D eigenvalue weighted by molar-refractivity contribution is 7.14. The number of benzene rings is 2. The molecule has 1 saturated heterocycles. The van der Waals surface area contributed by atoms with Crippen LogP contribution in [0.4, 0.5) is 24.0 Å². The van der Waals surface area contributed by atoms with E-state index < -0.39 is 17.7 Å². The first kappa shape index (κ1) is 25.5. The number of carbonyl (C=O) groups excluding carboxylic acids is 2. The zero-order valence-electron chi connectivity index (χ0n) is 19.5. The molecule has 1 unspecified atom stereocenters. The van der Waals surface area contributed by atoms with Crippen LogP contribution in [0.1, 0.15) is 34.5 Å². The van der Waals surface area contributed by atoms with Crippen molar-refractivity contribution in [2.24, 2.45) is 5.92 Å². The Balaban J connectivity index is 1.33. The van der Waals surface area contributed by atoms with Crippen LogP contribution in [-0.2, 0) is 17.5 Å². The van der Waals surface area contributed by atoms with E-state index in [1.54, 1.807) is 17.4 Å². The molecule has 7 nitrogen and oxygen atoms in total. The van der Waals surface area contributed by atoms with E-state index in [1.165, 1.54) is 23.5 Å². The van der Waals surface area contributed by atoms with Gasteiger partial charge in [-0.15, -0.1) is 11.3 Å². The largest absolute Gasteiger partial charge is 0.497 e. The van der Waals surface area contributed by atoms with E-state index in [4.69, 9.17) is 4.74 Å². The number of hydrogen-bond donors (Lipinski definition) is 2. The Morgan fingerprint density at radius 2 is 2.00 bits per heavy atom. The van der Waals surface area contributed by atoms with Gasteiger partial charge in [0.1, 0.15) is 11.4 Å². The topological polar surface area (TPSA) is 83.6 Å².